The second-order valence-corrected chi connectivity index (χ2v) is 9.61. The molecular formula is C29H60N2O5. The summed E-state index contributed by atoms with van der Waals surface area (Å²) in [4.78, 5) is 21.6. The van der Waals surface area contributed by atoms with E-state index >= 15 is 0 Å². The Labute approximate surface area is 222 Å². The van der Waals surface area contributed by atoms with Crippen LogP contribution in [0.1, 0.15) is 142 Å². The largest absolute Gasteiger partial charge is 0.466 e. The predicted octanol–water partition coefficient (Wildman–Crippen LogP) is 7.60. The van der Waals surface area contributed by atoms with Crippen LogP contribution in [-0.4, -0.2) is 50.1 Å². The molecule has 0 fully saturated rings. The lowest BCUT2D eigenvalue weighted by molar-refractivity contribution is -0.143. The molecular weight excluding hydrogens is 456 g/mol. The van der Waals surface area contributed by atoms with Gasteiger partial charge in [-0.05, 0) is 45.1 Å². The van der Waals surface area contributed by atoms with Gasteiger partial charge in [0.1, 0.15) is 0 Å². The lowest BCUT2D eigenvalue weighted by Gasteiger charge is -2.05. The molecule has 0 aromatic rings. The van der Waals surface area contributed by atoms with Gasteiger partial charge in [0, 0.05) is 26.2 Å². The molecule has 0 aliphatic carbocycles. The Bertz CT molecular complexity index is 435. The van der Waals surface area contributed by atoms with Crippen molar-refractivity contribution in [1.29, 1.82) is 0 Å². The Morgan fingerprint density at radius 1 is 0.639 bits per heavy atom. The van der Waals surface area contributed by atoms with Crippen molar-refractivity contribution < 1.29 is 24.2 Å². The van der Waals surface area contributed by atoms with Crippen LogP contribution in [-0.2, 0) is 14.3 Å². The van der Waals surface area contributed by atoms with Crippen molar-refractivity contribution in [3.8, 4) is 0 Å². The second kappa shape index (κ2) is 33.7. The smallest absolute Gasteiger partial charge is 0.404 e. The summed E-state index contributed by atoms with van der Waals surface area (Å²) < 4.78 is 10.6. The van der Waals surface area contributed by atoms with E-state index in [4.69, 9.17) is 20.3 Å². The number of unbranched alkanes of at least 4 members (excludes halogenated alkanes) is 15. The van der Waals surface area contributed by atoms with Crippen LogP contribution < -0.4 is 11.1 Å². The van der Waals surface area contributed by atoms with Crippen molar-refractivity contribution in [2.45, 2.75) is 142 Å². The van der Waals surface area contributed by atoms with Crippen molar-refractivity contribution in [2.75, 3.05) is 32.9 Å². The predicted molar refractivity (Wildman–Crippen MR) is 151 cm³/mol. The van der Waals surface area contributed by atoms with Crippen molar-refractivity contribution in [3.05, 3.63) is 0 Å². The number of rotatable bonds is 26. The molecule has 0 aliphatic rings. The minimum Gasteiger partial charge on any atom is -0.466 e. The third-order valence-corrected chi connectivity index (χ3v) is 5.98. The van der Waals surface area contributed by atoms with Crippen LogP contribution in [0.2, 0.25) is 0 Å². The summed E-state index contributed by atoms with van der Waals surface area (Å²) in [7, 11) is 0. The average Bonchev–Trinajstić information content (AvgIpc) is 2.86. The highest BCUT2D eigenvalue weighted by atomic mass is 16.5. The fourth-order valence-corrected chi connectivity index (χ4v) is 3.70. The molecule has 0 saturated heterocycles. The van der Waals surface area contributed by atoms with Gasteiger partial charge in [-0.25, -0.2) is 4.79 Å². The molecule has 36 heavy (non-hydrogen) atoms. The molecule has 7 heteroatoms. The van der Waals surface area contributed by atoms with Crippen molar-refractivity contribution in [3.63, 3.8) is 0 Å². The number of amides is 1. The fraction of sp³-hybridized carbons (Fsp3) is 0.931. The number of hydrogen-bond donors (Lipinski definition) is 3. The molecule has 7 nitrogen and oxygen atoms in total. The van der Waals surface area contributed by atoms with Crippen LogP contribution in [0.5, 0.6) is 0 Å². The van der Waals surface area contributed by atoms with Crippen LogP contribution in [0.15, 0.2) is 0 Å². The fourth-order valence-electron chi connectivity index (χ4n) is 3.70. The highest BCUT2D eigenvalue weighted by Crippen LogP contribution is 2.09. The van der Waals surface area contributed by atoms with E-state index in [9.17, 15) is 9.59 Å². The van der Waals surface area contributed by atoms with Gasteiger partial charge in [0.25, 0.3) is 0 Å². The maximum absolute atomic E-state index is 11.4. The van der Waals surface area contributed by atoms with Crippen molar-refractivity contribution in [2.24, 2.45) is 5.73 Å². The molecule has 4 N–H and O–H groups in total. The summed E-state index contributed by atoms with van der Waals surface area (Å²) in [6.45, 7) is 7.89. The normalized spacial score (nSPS) is 10.5. The van der Waals surface area contributed by atoms with Gasteiger partial charge in [0.15, 0.2) is 0 Å². The van der Waals surface area contributed by atoms with E-state index < -0.39 is 6.09 Å². The van der Waals surface area contributed by atoms with E-state index in [2.05, 4.69) is 19.2 Å². The summed E-state index contributed by atoms with van der Waals surface area (Å²) >= 11 is 0. The summed E-state index contributed by atoms with van der Waals surface area (Å²) in [5.74, 6) is -0.134. The number of carbonyl (C=O) groups is 2. The first-order chi connectivity index (χ1) is 17.6. The maximum Gasteiger partial charge on any atom is 0.404 e. The van der Waals surface area contributed by atoms with Gasteiger partial charge in [-0.15, -0.1) is 0 Å². The van der Waals surface area contributed by atoms with Gasteiger partial charge in [-0.2, -0.15) is 0 Å². The lowest BCUT2D eigenvalue weighted by atomic mass is 10.1. The van der Waals surface area contributed by atoms with Crippen LogP contribution in [0, 0.1) is 0 Å². The van der Waals surface area contributed by atoms with Gasteiger partial charge in [0.2, 0.25) is 0 Å². The van der Waals surface area contributed by atoms with E-state index in [1.807, 2.05) is 0 Å². The van der Waals surface area contributed by atoms with Crippen LogP contribution >= 0.6 is 0 Å². The van der Waals surface area contributed by atoms with Gasteiger partial charge in [-0.3, -0.25) is 4.79 Å². The molecule has 0 aliphatic heterocycles. The zero-order chi connectivity index (χ0) is 27.0. The average molecular weight is 517 g/mol. The number of ether oxygens (including phenoxy) is 2. The molecule has 0 rings (SSSR count). The number of hydrogen-bond acceptors (Lipinski definition) is 5. The first kappa shape index (κ1) is 36.8. The first-order valence-electron chi connectivity index (χ1n) is 15.0. The van der Waals surface area contributed by atoms with Crippen LogP contribution in [0.25, 0.3) is 0 Å². The van der Waals surface area contributed by atoms with E-state index in [0.717, 1.165) is 45.4 Å². The molecule has 0 bridgehead atoms. The quantitative estimate of drug-likeness (QED) is 0.0806. The summed E-state index contributed by atoms with van der Waals surface area (Å²) in [5, 5.41) is 10.6. The Morgan fingerprint density at radius 3 is 1.64 bits per heavy atom. The summed E-state index contributed by atoms with van der Waals surface area (Å²) in [5.41, 5.74) is 5.40. The third-order valence-electron chi connectivity index (χ3n) is 5.98. The molecule has 0 atom stereocenters. The standard InChI is InChI=1S/C15H29NO4.C14H31NO/c1-2-3-4-5-6-7-8-11-14(17)20-13-10-9-12-16-15(18)19;1-2-3-4-5-6-7-8-10-13-16-14-11-9-12-15/h16H,2-13H2,1H3,(H,18,19);2-15H2,1H3. The highest BCUT2D eigenvalue weighted by Gasteiger charge is 2.02. The second-order valence-electron chi connectivity index (χ2n) is 9.61. The first-order valence-corrected chi connectivity index (χ1v) is 15.0. The minimum atomic E-state index is -1.01. The van der Waals surface area contributed by atoms with E-state index in [1.165, 1.54) is 83.5 Å². The number of carboxylic acid groups (broad SMARTS) is 1. The number of esters is 1. The molecule has 1 amide bonds. The van der Waals surface area contributed by atoms with Crippen LogP contribution in [0.4, 0.5) is 4.79 Å². The third kappa shape index (κ3) is 37.2. The molecule has 0 unspecified atom stereocenters. The number of carbonyl (C=O) groups excluding carboxylic acids is 1. The monoisotopic (exact) mass is 516 g/mol. The Kier molecular flexibility index (Phi) is 34.4. The molecule has 0 spiro atoms. The number of nitrogens with two attached hydrogens (primary N) is 1. The van der Waals surface area contributed by atoms with Gasteiger partial charge < -0.3 is 25.6 Å². The minimum absolute atomic E-state index is 0.134. The van der Waals surface area contributed by atoms with Gasteiger partial charge in [0.05, 0.1) is 6.61 Å². The molecule has 0 saturated carbocycles. The molecule has 0 aromatic heterocycles. The van der Waals surface area contributed by atoms with E-state index in [0.29, 0.717) is 32.4 Å². The Morgan fingerprint density at radius 2 is 1.11 bits per heavy atom. The molecule has 0 aromatic carbocycles. The summed E-state index contributed by atoms with van der Waals surface area (Å²) in [6, 6.07) is 0. The zero-order valence-electron chi connectivity index (χ0n) is 23.8. The zero-order valence-corrected chi connectivity index (χ0v) is 23.8. The Hall–Kier alpha value is -1.34. The molecule has 216 valence electrons. The topological polar surface area (TPSA) is 111 Å². The molecule has 0 radical (unpaired) electrons. The van der Waals surface area contributed by atoms with E-state index in [1.54, 1.807) is 0 Å². The van der Waals surface area contributed by atoms with Crippen molar-refractivity contribution in [1.82, 2.24) is 5.32 Å². The van der Waals surface area contributed by atoms with Crippen LogP contribution in [0.3, 0.4) is 0 Å². The van der Waals surface area contributed by atoms with Gasteiger partial charge in [-0.1, -0.05) is 97.3 Å². The lowest BCUT2D eigenvalue weighted by Crippen LogP contribution is -2.22. The maximum atomic E-state index is 11.4. The SMILES string of the molecule is CCCCCCCCCC(=O)OCCCCNC(=O)O.CCCCCCCCCCOCCCCN. The number of nitrogens with one attached hydrogen (secondary N) is 1. The Balaban J connectivity index is 0. The van der Waals surface area contributed by atoms with Gasteiger partial charge >= 0.3 is 12.1 Å². The summed E-state index contributed by atoms with van der Waals surface area (Å²) in [6.07, 6.45) is 22.4. The molecule has 0 heterocycles. The van der Waals surface area contributed by atoms with Crippen molar-refractivity contribution >= 4 is 12.1 Å². The highest BCUT2D eigenvalue weighted by molar-refractivity contribution is 5.69. The van der Waals surface area contributed by atoms with E-state index in [-0.39, 0.29) is 5.97 Å².